The molecule has 0 aliphatic carbocycles. The molecule has 148 valence electrons. The normalized spacial score (nSPS) is 15.1. The van der Waals surface area contributed by atoms with E-state index in [9.17, 15) is 4.79 Å². The van der Waals surface area contributed by atoms with Crippen LogP contribution in [0.25, 0.3) is 0 Å². The largest absolute Gasteiger partial charge is 0.489 e. The number of amides is 1. The Hall–Kier alpha value is -3.27. The molecule has 1 aliphatic heterocycles. The Balaban J connectivity index is 1.26. The molecule has 0 radical (unpaired) electrons. The molecule has 1 unspecified atom stereocenters. The third-order valence-corrected chi connectivity index (χ3v) is 5.25. The van der Waals surface area contributed by atoms with Crippen molar-refractivity contribution >= 4 is 17.3 Å². The molecular formula is C25H26N2O2. The van der Waals surface area contributed by atoms with Gasteiger partial charge in [-0.1, -0.05) is 48.5 Å². The summed E-state index contributed by atoms with van der Waals surface area (Å²) in [6.45, 7) is 3.27. The molecule has 1 heterocycles. The van der Waals surface area contributed by atoms with Gasteiger partial charge in [-0.15, -0.1) is 0 Å². The zero-order valence-electron chi connectivity index (χ0n) is 16.7. The summed E-state index contributed by atoms with van der Waals surface area (Å²) in [5, 5.41) is 3.34. The van der Waals surface area contributed by atoms with Crippen LogP contribution in [0.1, 0.15) is 24.5 Å². The van der Waals surface area contributed by atoms with Crippen molar-refractivity contribution < 1.29 is 9.53 Å². The van der Waals surface area contributed by atoms with Gasteiger partial charge >= 0.3 is 0 Å². The summed E-state index contributed by atoms with van der Waals surface area (Å²) in [6.07, 6.45) is 1.39. The maximum atomic E-state index is 12.7. The Morgan fingerprint density at radius 2 is 1.72 bits per heavy atom. The Morgan fingerprint density at radius 1 is 1.00 bits per heavy atom. The third kappa shape index (κ3) is 4.60. The summed E-state index contributed by atoms with van der Waals surface area (Å²) in [6, 6.07) is 26.4. The Kier molecular flexibility index (Phi) is 5.80. The number of benzene rings is 3. The smallest absolute Gasteiger partial charge is 0.229 e. The van der Waals surface area contributed by atoms with Gasteiger partial charge in [0.1, 0.15) is 12.4 Å². The van der Waals surface area contributed by atoms with Crippen molar-refractivity contribution in [3.63, 3.8) is 0 Å². The summed E-state index contributed by atoms with van der Waals surface area (Å²) in [5.41, 5.74) is 4.45. The number of ether oxygens (including phenoxy) is 1. The molecule has 4 nitrogen and oxygen atoms in total. The van der Waals surface area contributed by atoms with Gasteiger partial charge in [-0.05, 0) is 54.8 Å². The van der Waals surface area contributed by atoms with E-state index >= 15 is 0 Å². The lowest BCUT2D eigenvalue weighted by molar-refractivity contribution is -0.118. The van der Waals surface area contributed by atoms with Crippen molar-refractivity contribution in [1.29, 1.82) is 0 Å². The second kappa shape index (κ2) is 8.82. The highest BCUT2D eigenvalue weighted by atomic mass is 16.5. The van der Waals surface area contributed by atoms with E-state index in [4.69, 9.17) is 4.74 Å². The Morgan fingerprint density at radius 3 is 2.52 bits per heavy atom. The zero-order chi connectivity index (χ0) is 20.1. The second-order valence-corrected chi connectivity index (χ2v) is 7.42. The Bertz CT molecular complexity index is 954. The molecule has 29 heavy (non-hydrogen) atoms. The van der Waals surface area contributed by atoms with E-state index in [2.05, 4.69) is 18.3 Å². The number of hydrogen-bond acceptors (Lipinski definition) is 3. The molecule has 0 saturated heterocycles. The van der Waals surface area contributed by atoms with Crippen LogP contribution in [-0.2, 0) is 17.8 Å². The summed E-state index contributed by atoms with van der Waals surface area (Å²) >= 11 is 0. The van der Waals surface area contributed by atoms with Crippen LogP contribution in [0.2, 0.25) is 0 Å². The molecule has 0 bridgehead atoms. The first-order chi connectivity index (χ1) is 14.2. The molecule has 1 atom stereocenters. The summed E-state index contributed by atoms with van der Waals surface area (Å²) < 4.78 is 5.81. The van der Waals surface area contributed by atoms with Crippen LogP contribution < -0.4 is 15.0 Å². The molecule has 1 aliphatic rings. The topological polar surface area (TPSA) is 41.6 Å². The summed E-state index contributed by atoms with van der Waals surface area (Å²) in [5.74, 6) is 0.996. The van der Waals surface area contributed by atoms with Crippen molar-refractivity contribution in [2.45, 2.75) is 32.4 Å². The van der Waals surface area contributed by atoms with Crippen molar-refractivity contribution in [2.24, 2.45) is 0 Å². The number of fused-ring (bicyclic) bond motifs is 1. The summed E-state index contributed by atoms with van der Waals surface area (Å²) in [4.78, 5) is 14.7. The molecule has 0 aromatic heterocycles. The van der Waals surface area contributed by atoms with Crippen LogP contribution in [0, 0.1) is 0 Å². The Labute approximate surface area is 172 Å². The fourth-order valence-electron chi connectivity index (χ4n) is 3.79. The first-order valence-corrected chi connectivity index (χ1v) is 10.1. The average molecular weight is 386 g/mol. The lowest BCUT2D eigenvalue weighted by atomic mass is 10.1. The van der Waals surface area contributed by atoms with E-state index in [0.29, 0.717) is 19.6 Å². The third-order valence-electron chi connectivity index (χ3n) is 5.25. The highest BCUT2D eigenvalue weighted by molar-refractivity contribution is 5.96. The van der Waals surface area contributed by atoms with Gasteiger partial charge in [0.15, 0.2) is 0 Å². The standard InChI is InChI=1S/C25H26N2O2/c1-19-17-21-9-5-6-10-24(21)27(19)25(28)15-16-26-22-11-13-23(14-12-22)29-18-20-7-3-2-4-8-20/h2-14,19,26H,15-18H2,1H3. The SMILES string of the molecule is CC1Cc2ccccc2N1C(=O)CCNc1ccc(OCc2ccccc2)cc1. The molecule has 0 fully saturated rings. The predicted octanol–water partition coefficient (Wildman–Crippen LogP) is 5.05. The lowest BCUT2D eigenvalue weighted by Crippen LogP contribution is -2.36. The van der Waals surface area contributed by atoms with Crippen LogP contribution in [0.3, 0.4) is 0 Å². The number of anilines is 2. The molecule has 0 spiro atoms. The quantitative estimate of drug-likeness (QED) is 0.618. The van der Waals surface area contributed by atoms with Gasteiger partial charge in [-0.25, -0.2) is 0 Å². The predicted molar refractivity (Wildman–Crippen MR) is 117 cm³/mol. The molecular weight excluding hydrogens is 360 g/mol. The van der Waals surface area contributed by atoms with Gasteiger partial charge in [0.2, 0.25) is 5.91 Å². The van der Waals surface area contributed by atoms with Gasteiger partial charge in [0.05, 0.1) is 0 Å². The van der Waals surface area contributed by atoms with E-state index in [1.54, 1.807) is 0 Å². The monoisotopic (exact) mass is 386 g/mol. The van der Waals surface area contributed by atoms with Crippen LogP contribution in [0.5, 0.6) is 5.75 Å². The van der Waals surface area contributed by atoms with Crippen molar-refractivity contribution in [3.8, 4) is 5.75 Å². The highest BCUT2D eigenvalue weighted by Gasteiger charge is 2.29. The van der Waals surface area contributed by atoms with Crippen molar-refractivity contribution in [3.05, 3.63) is 90.0 Å². The van der Waals surface area contributed by atoms with Gasteiger partial charge in [0.25, 0.3) is 0 Å². The van der Waals surface area contributed by atoms with E-state index in [1.807, 2.05) is 77.7 Å². The van der Waals surface area contributed by atoms with Gasteiger partial charge in [0, 0.05) is 30.4 Å². The number of rotatable bonds is 7. The minimum absolute atomic E-state index is 0.165. The first-order valence-electron chi connectivity index (χ1n) is 10.1. The minimum atomic E-state index is 0.165. The van der Waals surface area contributed by atoms with Crippen LogP contribution in [0.15, 0.2) is 78.9 Å². The van der Waals surface area contributed by atoms with Gasteiger partial charge in [-0.2, -0.15) is 0 Å². The molecule has 4 heteroatoms. The molecule has 0 saturated carbocycles. The van der Waals surface area contributed by atoms with Crippen molar-refractivity contribution in [2.75, 3.05) is 16.8 Å². The van der Waals surface area contributed by atoms with E-state index < -0.39 is 0 Å². The zero-order valence-corrected chi connectivity index (χ0v) is 16.7. The molecule has 1 N–H and O–H groups in total. The van der Waals surface area contributed by atoms with Gasteiger partial charge < -0.3 is 15.0 Å². The number of hydrogen-bond donors (Lipinski definition) is 1. The maximum Gasteiger partial charge on any atom is 0.229 e. The number of carbonyl (C=O) groups excluding carboxylic acids is 1. The van der Waals surface area contributed by atoms with Crippen LogP contribution in [-0.4, -0.2) is 18.5 Å². The van der Waals surface area contributed by atoms with E-state index in [-0.39, 0.29) is 11.9 Å². The first kappa shape index (κ1) is 19.1. The number of nitrogens with zero attached hydrogens (tertiary/aromatic N) is 1. The van der Waals surface area contributed by atoms with Crippen LogP contribution >= 0.6 is 0 Å². The second-order valence-electron chi connectivity index (χ2n) is 7.42. The summed E-state index contributed by atoms with van der Waals surface area (Å²) in [7, 11) is 0. The number of para-hydroxylation sites is 1. The molecule has 1 amide bonds. The fourth-order valence-corrected chi connectivity index (χ4v) is 3.79. The van der Waals surface area contributed by atoms with Crippen molar-refractivity contribution in [1.82, 2.24) is 0 Å². The minimum Gasteiger partial charge on any atom is -0.489 e. The molecule has 4 rings (SSSR count). The maximum absolute atomic E-state index is 12.7. The van der Waals surface area contributed by atoms with E-state index in [0.717, 1.165) is 29.1 Å². The van der Waals surface area contributed by atoms with E-state index in [1.165, 1.54) is 5.56 Å². The highest BCUT2D eigenvalue weighted by Crippen LogP contribution is 2.32. The molecule has 3 aromatic carbocycles. The average Bonchev–Trinajstić information content (AvgIpc) is 3.09. The van der Waals surface area contributed by atoms with Gasteiger partial charge in [-0.3, -0.25) is 4.79 Å². The lowest BCUT2D eigenvalue weighted by Gasteiger charge is -2.23. The van der Waals surface area contributed by atoms with Crippen LogP contribution in [0.4, 0.5) is 11.4 Å². The number of nitrogens with one attached hydrogen (secondary N) is 1. The molecule has 3 aromatic rings. The fraction of sp³-hybridized carbons (Fsp3) is 0.240. The number of carbonyl (C=O) groups is 1.